The molecule has 158 valence electrons. The molecule has 0 aromatic carbocycles. The van der Waals surface area contributed by atoms with Gasteiger partial charge < -0.3 is 10.9 Å². The van der Waals surface area contributed by atoms with Crippen LogP contribution in [0.25, 0.3) is 0 Å². The number of thioether (sulfide) groups is 1. The molecule has 0 aromatic heterocycles. The largest absolute Gasteiger partial charge is 0.411 e. The zero-order valence-electron chi connectivity index (χ0n) is 17.7. The number of nitrogens with zero attached hydrogens (tertiary/aromatic N) is 1. The lowest BCUT2D eigenvalue weighted by Crippen LogP contribution is -2.56. The molecule has 4 rings (SSSR count). The van der Waals surface area contributed by atoms with Gasteiger partial charge in [0.25, 0.3) is 0 Å². The van der Waals surface area contributed by atoms with Crippen LogP contribution in [-0.4, -0.2) is 34.2 Å². The van der Waals surface area contributed by atoms with Crippen molar-refractivity contribution in [3.63, 3.8) is 0 Å². The van der Waals surface area contributed by atoms with Crippen molar-refractivity contribution in [1.82, 2.24) is 0 Å². The molecule has 28 heavy (non-hydrogen) atoms. The number of carbonyl (C=O) groups excluding carboxylic acids is 1. The first-order valence-corrected chi connectivity index (χ1v) is 12.5. The van der Waals surface area contributed by atoms with E-state index >= 15 is 0 Å². The molecule has 0 radical (unpaired) electrons. The molecule has 0 spiro atoms. The average Bonchev–Trinajstić information content (AvgIpc) is 3.00. The fourth-order valence-electron chi connectivity index (χ4n) is 7.56. The van der Waals surface area contributed by atoms with Crippen LogP contribution in [0.4, 0.5) is 0 Å². The van der Waals surface area contributed by atoms with Gasteiger partial charge in [0, 0.05) is 23.0 Å². The van der Waals surface area contributed by atoms with E-state index in [9.17, 15) is 10.0 Å². The Labute approximate surface area is 174 Å². The molecule has 0 aromatic rings. The molecule has 0 heterocycles. The molecule has 4 fully saturated rings. The summed E-state index contributed by atoms with van der Waals surface area (Å²) in [6, 6.07) is 0. The second-order valence-electron chi connectivity index (χ2n) is 10.4. The van der Waals surface area contributed by atoms with Crippen LogP contribution < -0.4 is 5.73 Å². The first-order valence-electron chi connectivity index (χ1n) is 11.5. The first kappa shape index (κ1) is 20.7. The summed E-state index contributed by atoms with van der Waals surface area (Å²) in [4.78, 5) is 12.6. The van der Waals surface area contributed by atoms with Crippen LogP contribution in [0.2, 0.25) is 0 Å². The second-order valence-corrected chi connectivity index (χ2v) is 11.8. The van der Waals surface area contributed by atoms with Gasteiger partial charge in [-0.25, -0.2) is 0 Å². The molecule has 3 N–H and O–H groups in total. The molecule has 0 saturated heterocycles. The zero-order chi connectivity index (χ0) is 19.9. The molecule has 4 aliphatic rings. The maximum atomic E-state index is 12.6. The Kier molecular flexibility index (Phi) is 5.87. The normalized spacial score (nSPS) is 46.9. The Hall–Kier alpha value is -0.550. The van der Waals surface area contributed by atoms with E-state index in [1.807, 2.05) is 0 Å². The minimum absolute atomic E-state index is 0.110. The van der Waals surface area contributed by atoms with Crippen molar-refractivity contribution in [2.24, 2.45) is 45.4 Å². The fourth-order valence-corrected chi connectivity index (χ4v) is 8.88. The first-order chi connectivity index (χ1) is 13.4. The van der Waals surface area contributed by atoms with Gasteiger partial charge in [-0.2, -0.15) is 11.8 Å². The lowest BCUT2D eigenvalue weighted by atomic mass is 9.45. The van der Waals surface area contributed by atoms with Gasteiger partial charge in [0.2, 0.25) is 0 Å². The molecule has 0 amide bonds. The summed E-state index contributed by atoms with van der Waals surface area (Å²) in [7, 11) is 0. The van der Waals surface area contributed by atoms with Gasteiger partial charge >= 0.3 is 0 Å². The molecular weight excluding hydrogens is 368 g/mol. The predicted octanol–water partition coefficient (Wildman–Crippen LogP) is 4.88. The van der Waals surface area contributed by atoms with Gasteiger partial charge in [0.1, 0.15) is 5.78 Å². The fraction of sp³-hybridized carbons (Fsp3) is 0.913. The van der Waals surface area contributed by atoms with Gasteiger partial charge in [0.15, 0.2) is 0 Å². The molecule has 5 heteroatoms. The highest BCUT2D eigenvalue weighted by atomic mass is 32.2. The minimum Gasteiger partial charge on any atom is -0.411 e. The summed E-state index contributed by atoms with van der Waals surface area (Å²) < 4.78 is 0. The topological polar surface area (TPSA) is 75.7 Å². The van der Waals surface area contributed by atoms with Crippen LogP contribution in [-0.2, 0) is 4.79 Å². The van der Waals surface area contributed by atoms with Gasteiger partial charge in [0.05, 0.1) is 5.71 Å². The smallest absolute Gasteiger partial charge is 0.139 e. The Morgan fingerprint density at radius 1 is 1.18 bits per heavy atom. The number of unbranched alkanes of at least 4 members (excludes halogenated alkanes) is 1. The highest BCUT2D eigenvalue weighted by Crippen LogP contribution is 2.65. The van der Waals surface area contributed by atoms with E-state index in [2.05, 4.69) is 30.8 Å². The van der Waals surface area contributed by atoms with Crippen molar-refractivity contribution in [3.05, 3.63) is 0 Å². The third-order valence-corrected chi connectivity index (χ3v) is 10.6. The highest BCUT2D eigenvalue weighted by Gasteiger charge is 2.61. The second kappa shape index (κ2) is 7.94. The molecule has 1 unspecified atom stereocenters. The molecular formula is C23H38N2O2S. The van der Waals surface area contributed by atoms with Gasteiger partial charge in [-0.05, 0) is 93.3 Å². The predicted molar refractivity (Wildman–Crippen MR) is 116 cm³/mol. The molecule has 4 saturated carbocycles. The number of nitrogens with two attached hydrogens (primary N) is 1. The minimum atomic E-state index is -0.110. The van der Waals surface area contributed by atoms with Crippen molar-refractivity contribution < 1.29 is 10.0 Å². The number of rotatable bonds is 5. The monoisotopic (exact) mass is 406 g/mol. The maximum Gasteiger partial charge on any atom is 0.139 e. The lowest BCUT2D eigenvalue weighted by molar-refractivity contribution is -0.133. The standard InChI is InChI=1S/C23H38N2O2S/c1-22-9-7-15(28-12-4-3-11-24)13-19(22)20(25-27)14-16-17-5-6-21(26)23(17,2)10-8-18(16)22/h15-19,27H,3-14,24H2,1-2H3/b25-20+/t15-,16-,17-,18-,19?,22+,23-/m0/s1. The lowest BCUT2D eigenvalue weighted by Gasteiger charge is -2.60. The van der Waals surface area contributed by atoms with E-state index in [1.54, 1.807) is 0 Å². The van der Waals surface area contributed by atoms with Crippen LogP contribution >= 0.6 is 11.8 Å². The van der Waals surface area contributed by atoms with Crippen LogP contribution in [0.3, 0.4) is 0 Å². The highest BCUT2D eigenvalue weighted by molar-refractivity contribution is 7.99. The maximum absolute atomic E-state index is 12.6. The number of oxime groups is 1. The Balaban J connectivity index is 1.52. The van der Waals surface area contributed by atoms with Crippen molar-refractivity contribution in [2.75, 3.05) is 12.3 Å². The summed E-state index contributed by atoms with van der Waals surface area (Å²) in [6.45, 7) is 5.50. The Morgan fingerprint density at radius 2 is 2.00 bits per heavy atom. The van der Waals surface area contributed by atoms with Crippen LogP contribution in [0.15, 0.2) is 5.16 Å². The van der Waals surface area contributed by atoms with E-state index in [4.69, 9.17) is 5.73 Å². The van der Waals surface area contributed by atoms with E-state index in [-0.39, 0.29) is 10.8 Å². The summed E-state index contributed by atoms with van der Waals surface area (Å²) in [5.74, 6) is 3.83. The third kappa shape index (κ3) is 3.25. The van der Waals surface area contributed by atoms with E-state index in [0.29, 0.717) is 34.7 Å². The number of Topliss-reactive ketones (excluding diaryl/α,β-unsaturated/α-hetero) is 1. The number of hydrogen-bond donors (Lipinski definition) is 2. The summed E-state index contributed by atoms with van der Waals surface area (Å²) in [5, 5.41) is 14.5. The number of carbonyl (C=O) groups is 1. The van der Waals surface area contributed by atoms with Gasteiger partial charge in [-0.1, -0.05) is 19.0 Å². The third-order valence-electron chi connectivity index (χ3n) is 9.22. The number of ketones is 1. The number of fused-ring (bicyclic) bond motifs is 5. The quantitative estimate of drug-likeness (QED) is 0.388. The average molecular weight is 407 g/mol. The SMILES string of the molecule is C[C@]12CC[C@H](SCCCCN)CC1/C(=N/O)C[C@@H]1[C@@H]2CC[C@]2(C)C(=O)CC[C@@H]12. The summed E-state index contributed by atoms with van der Waals surface area (Å²) >= 11 is 2.11. The Morgan fingerprint density at radius 3 is 2.75 bits per heavy atom. The van der Waals surface area contributed by atoms with Crippen molar-refractivity contribution in [2.45, 2.75) is 83.3 Å². The van der Waals surface area contributed by atoms with Crippen LogP contribution in [0.5, 0.6) is 0 Å². The zero-order valence-corrected chi connectivity index (χ0v) is 18.5. The summed E-state index contributed by atoms with van der Waals surface area (Å²) in [6.07, 6.45) is 11.0. The van der Waals surface area contributed by atoms with E-state index in [1.165, 1.54) is 31.4 Å². The molecule has 4 nitrogen and oxygen atoms in total. The van der Waals surface area contributed by atoms with Crippen molar-refractivity contribution in [1.29, 1.82) is 0 Å². The Bertz CT molecular complexity index is 638. The van der Waals surface area contributed by atoms with Crippen molar-refractivity contribution >= 4 is 23.3 Å². The van der Waals surface area contributed by atoms with Gasteiger partial charge in [-0.15, -0.1) is 0 Å². The molecule has 0 bridgehead atoms. The molecule has 0 aliphatic heterocycles. The van der Waals surface area contributed by atoms with Crippen LogP contribution in [0.1, 0.15) is 78.1 Å². The van der Waals surface area contributed by atoms with Crippen molar-refractivity contribution in [3.8, 4) is 0 Å². The number of hydrogen-bond acceptors (Lipinski definition) is 5. The van der Waals surface area contributed by atoms with E-state index < -0.39 is 0 Å². The molecule has 4 aliphatic carbocycles. The van der Waals surface area contributed by atoms with Crippen LogP contribution in [0, 0.1) is 34.5 Å². The molecule has 7 atom stereocenters. The van der Waals surface area contributed by atoms with E-state index in [0.717, 1.165) is 50.8 Å². The summed E-state index contributed by atoms with van der Waals surface area (Å²) in [5.41, 5.74) is 6.80. The van der Waals surface area contributed by atoms with Gasteiger partial charge in [-0.3, -0.25) is 4.79 Å².